The Morgan fingerprint density at radius 3 is 2.81 bits per heavy atom. The Morgan fingerprint density at radius 2 is 2.19 bits per heavy atom. The summed E-state index contributed by atoms with van der Waals surface area (Å²) in [6.07, 6.45) is 1.02. The summed E-state index contributed by atoms with van der Waals surface area (Å²) >= 11 is 2.97. The van der Waals surface area contributed by atoms with Gasteiger partial charge in [0.05, 0.1) is 16.5 Å². The predicted octanol–water partition coefficient (Wildman–Crippen LogP) is 2.77. The molecule has 21 heavy (non-hydrogen) atoms. The third-order valence-corrected chi connectivity index (χ3v) is 5.75. The molecule has 2 N–H and O–H groups in total. The van der Waals surface area contributed by atoms with Gasteiger partial charge in [0.1, 0.15) is 9.88 Å². The Labute approximate surface area is 129 Å². The quantitative estimate of drug-likeness (QED) is 0.907. The molecule has 2 heterocycles. The number of amides is 1. The summed E-state index contributed by atoms with van der Waals surface area (Å²) in [5.74, 6) is -1.25. The lowest BCUT2D eigenvalue weighted by atomic mass is 9.80. The number of carbonyl (C=O) groups excluding carboxylic acids is 1. The first-order valence-corrected chi connectivity index (χ1v) is 8.29. The van der Waals surface area contributed by atoms with Crippen LogP contribution in [0.1, 0.15) is 28.2 Å². The summed E-state index contributed by atoms with van der Waals surface area (Å²) < 4.78 is 0. The van der Waals surface area contributed by atoms with E-state index in [4.69, 9.17) is 5.11 Å². The Balaban J connectivity index is 1.67. The molecule has 7 heteroatoms. The lowest BCUT2D eigenvalue weighted by Gasteiger charge is -2.32. The van der Waals surface area contributed by atoms with Crippen molar-refractivity contribution in [1.82, 2.24) is 10.3 Å². The second-order valence-corrected chi connectivity index (χ2v) is 7.03. The van der Waals surface area contributed by atoms with Gasteiger partial charge >= 0.3 is 5.97 Å². The molecule has 1 saturated carbocycles. The van der Waals surface area contributed by atoms with Crippen LogP contribution in [0.3, 0.4) is 0 Å². The molecule has 0 bridgehead atoms. The second-order valence-electron chi connectivity index (χ2n) is 5.09. The summed E-state index contributed by atoms with van der Waals surface area (Å²) in [5.41, 5.74) is 0.718. The molecular formula is C14H14N2O3S2. The van der Waals surface area contributed by atoms with Crippen LogP contribution >= 0.6 is 22.7 Å². The van der Waals surface area contributed by atoms with E-state index in [9.17, 15) is 9.59 Å². The van der Waals surface area contributed by atoms with Crippen molar-refractivity contribution in [3.05, 3.63) is 28.1 Å². The number of thiazole rings is 1. The van der Waals surface area contributed by atoms with Crippen LogP contribution in [-0.4, -0.2) is 28.0 Å². The normalized spacial score (nSPS) is 20.8. The number of carboxylic acids is 1. The van der Waals surface area contributed by atoms with Gasteiger partial charge in [0.2, 0.25) is 0 Å². The van der Waals surface area contributed by atoms with Crippen LogP contribution in [0.4, 0.5) is 0 Å². The first-order valence-electron chi connectivity index (χ1n) is 6.59. The van der Waals surface area contributed by atoms with Crippen molar-refractivity contribution in [3.63, 3.8) is 0 Å². The average Bonchev–Trinajstić information content (AvgIpc) is 3.01. The number of aliphatic carboxylic acids is 1. The minimum absolute atomic E-state index is 0.0368. The third-order valence-electron chi connectivity index (χ3n) is 3.56. The van der Waals surface area contributed by atoms with Crippen molar-refractivity contribution in [2.24, 2.45) is 5.92 Å². The molecule has 1 aliphatic rings. The molecule has 5 nitrogen and oxygen atoms in total. The number of hydrogen-bond acceptors (Lipinski definition) is 5. The number of aromatic nitrogens is 1. The molecule has 0 unspecified atom stereocenters. The zero-order valence-electron chi connectivity index (χ0n) is 11.3. The van der Waals surface area contributed by atoms with Crippen LogP contribution in [0.2, 0.25) is 0 Å². The van der Waals surface area contributed by atoms with Crippen LogP contribution in [0, 0.1) is 12.8 Å². The van der Waals surface area contributed by atoms with E-state index < -0.39 is 5.97 Å². The number of aryl methyl sites for hydroxylation is 1. The van der Waals surface area contributed by atoms with E-state index in [1.807, 2.05) is 24.4 Å². The van der Waals surface area contributed by atoms with E-state index in [2.05, 4.69) is 10.3 Å². The van der Waals surface area contributed by atoms with Crippen LogP contribution in [-0.2, 0) is 4.79 Å². The fourth-order valence-electron chi connectivity index (χ4n) is 2.30. The van der Waals surface area contributed by atoms with Crippen molar-refractivity contribution in [1.29, 1.82) is 0 Å². The highest BCUT2D eigenvalue weighted by molar-refractivity contribution is 7.22. The molecule has 1 amide bonds. The van der Waals surface area contributed by atoms with Crippen LogP contribution < -0.4 is 5.32 Å². The Bertz CT molecular complexity index is 672. The smallest absolute Gasteiger partial charge is 0.306 e. The van der Waals surface area contributed by atoms with Crippen molar-refractivity contribution in [2.45, 2.75) is 25.8 Å². The molecule has 110 valence electrons. The number of nitrogens with zero attached hydrogens (tertiary/aromatic N) is 1. The lowest BCUT2D eigenvalue weighted by Crippen LogP contribution is -2.46. The van der Waals surface area contributed by atoms with Gasteiger partial charge in [-0.05, 0) is 31.2 Å². The molecule has 1 fully saturated rings. The fourth-order valence-corrected chi connectivity index (χ4v) is 4.07. The molecule has 0 atom stereocenters. The monoisotopic (exact) mass is 322 g/mol. The second kappa shape index (κ2) is 5.57. The molecule has 0 spiro atoms. The molecule has 1 aliphatic carbocycles. The number of hydrogen-bond donors (Lipinski definition) is 2. The van der Waals surface area contributed by atoms with Gasteiger partial charge in [0.15, 0.2) is 0 Å². The van der Waals surface area contributed by atoms with Gasteiger partial charge in [0, 0.05) is 6.04 Å². The fraction of sp³-hybridized carbons (Fsp3) is 0.357. The summed E-state index contributed by atoms with van der Waals surface area (Å²) in [4.78, 5) is 29.1. The maximum Gasteiger partial charge on any atom is 0.306 e. The van der Waals surface area contributed by atoms with E-state index in [1.54, 1.807) is 11.3 Å². The lowest BCUT2D eigenvalue weighted by molar-refractivity contribution is -0.145. The number of nitrogens with one attached hydrogen (secondary N) is 1. The highest BCUT2D eigenvalue weighted by Crippen LogP contribution is 2.32. The Morgan fingerprint density at radius 1 is 1.43 bits per heavy atom. The zero-order valence-corrected chi connectivity index (χ0v) is 13.0. The number of rotatable bonds is 4. The van der Waals surface area contributed by atoms with Crippen molar-refractivity contribution in [2.75, 3.05) is 0 Å². The van der Waals surface area contributed by atoms with Crippen LogP contribution in [0.25, 0.3) is 9.88 Å². The van der Waals surface area contributed by atoms with Gasteiger partial charge in [-0.2, -0.15) is 0 Å². The average molecular weight is 322 g/mol. The van der Waals surface area contributed by atoms with E-state index in [1.165, 1.54) is 11.3 Å². The molecule has 0 saturated heterocycles. The molecule has 2 aromatic heterocycles. The highest BCUT2D eigenvalue weighted by Gasteiger charge is 2.35. The summed E-state index contributed by atoms with van der Waals surface area (Å²) in [5, 5.41) is 14.6. The molecule has 3 rings (SSSR count). The third kappa shape index (κ3) is 2.84. The van der Waals surface area contributed by atoms with Gasteiger partial charge in [-0.15, -0.1) is 22.7 Å². The van der Waals surface area contributed by atoms with Crippen molar-refractivity contribution in [3.8, 4) is 9.88 Å². The Hall–Kier alpha value is -1.73. The van der Waals surface area contributed by atoms with Gasteiger partial charge in [-0.3, -0.25) is 9.59 Å². The SMILES string of the molecule is Cc1nc(-c2cccs2)sc1C(=O)NC1CC(C(=O)O)C1. The van der Waals surface area contributed by atoms with Gasteiger partial charge in [-0.1, -0.05) is 6.07 Å². The highest BCUT2D eigenvalue weighted by atomic mass is 32.1. The van der Waals surface area contributed by atoms with E-state index >= 15 is 0 Å². The maximum atomic E-state index is 12.2. The Kier molecular flexibility index (Phi) is 3.77. The summed E-state index contributed by atoms with van der Waals surface area (Å²) in [6, 6.07) is 3.90. The topological polar surface area (TPSA) is 79.3 Å². The molecule has 0 aromatic carbocycles. The van der Waals surface area contributed by atoms with E-state index in [0.29, 0.717) is 17.7 Å². The number of carboxylic acid groups (broad SMARTS) is 1. The summed E-state index contributed by atoms with van der Waals surface area (Å²) in [6.45, 7) is 1.82. The van der Waals surface area contributed by atoms with Gasteiger partial charge < -0.3 is 10.4 Å². The number of carbonyl (C=O) groups is 2. The van der Waals surface area contributed by atoms with E-state index in [-0.39, 0.29) is 17.9 Å². The summed E-state index contributed by atoms with van der Waals surface area (Å²) in [7, 11) is 0. The number of thiophene rings is 1. The minimum atomic E-state index is -0.783. The molecule has 2 aromatic rings. The van der Waals surface area contributed by atoms with Crippen LogP contribution in [0.15, 0.2) is 17.5 Å². The van der Waals surface area contributed by atoms with Crippen molar-refractivity contribution < 1.29 is 14.7 Å². The van der Waals surface area contributed by atoms with Crippen molar-refractivity contribution >= 4 is 34.6 Å². The van der Waals surface area contributed by atoms with Gasteiger partial charge in [-0.25, -0.2) is 4.98 Å². The maximum absolute atomic E-state index is 12.2. The zero-order chi connectivity index (χ0) is 15.0. The first-order chi connectivity index (χ1) is 10.0. The van der Waals surface area contributed by atoms with Crippen LogP contribution in [0.5, 0.6) is 0 Å². The molecular weight excluding hydrogens is 308 g/mol. The standard InChI is InChI=1S/C14H14N2O3S2/c1-7-11(21-13(15-7)10-3-2-4-20-10)12(17)16-9-5-8(6-9)14(18)19/h2-4,8-9H,5-6H2,1H3,(H,16,17)(H,18,19). The van der Waals surface area contributed by atoms with E-state index in [0.717, 1.165) is 15.6 Å². The predicted molar refractivity (Wildman–Crippen MR) is 81.8 cm³/mol. The molecule has 0 radical (unpaired) electrons. The largest absolute Gasteiger partial charge is 0.481 e. The minimum Gasteiger partial charge on any atom is -0.481 e. The molecule has 0 aliphatic heterocycles. The first kappa shape index (κ1) is 14.2. The van der Waals surface area contributed by atoms with Gasteiger partial charge in [0.25, 0.3) is 5.91 Å².